The van der Waals surface area contributed by atoms with E-state index in [9.17, 15) is 14.9 Å². The van der Waals surface area contributed by atoms with Crippen LogP contribution in [0.3, 0.4) is 0 Å². The maximum atomic E-state index is 12.5. The quantitative estimate of drug-likeness (QED) is 0.223. The Hall–Kier alpha value is -3.91. The standard InChI is InChI=1S/C24H22N2O6/c27-24(18-1-3-19(4-2-18)25-13-15-30-16-14-25)12-11-22-9-10-23(32-22)17-31-21-7-5-20(6-8-21)26(28)29/h1-12H,13-17H2/b12-11+. The maximum Gasteiger partial charge on any atom is 0.269 e. The van der Waals surface area contributed by atoms with Crippen molar-refractivity contribution >= 4 is 23.2 Å². The minimum atomic E-state index is -0.464. The largest absolute Gasteiger partial charge is 0.486 e. The minimum Gasteiger partial charge on any atom is -0.486 e. The zero-order chi connectivity index (χ0) is 22.3. The number of carbonyl (C=O) groups is 1. The van der Waals surface area contributed by atoms with Crippen molar-refractivity contribution in [3.05, 3.63) is 93.9 Å². The van der Waals surface area contributed by atoms with Gasteiger partial charge in [0.1, 0.15) is 23.9 Å². The van der Waals surface area contributed by atoms with E-state index in [0.717, 1.165) is 18.8 Å². The summed E-state index contributed by atoms with van der Waals surface area (Å²) in [6.45, 7) is 3.30. The monoisotopic (exact) mass is 434 g/mol. The molecule has 1 aromatic heterocycles. The second kappa shape index (κ2) is 9.93. The minimum absolute atomic E-state index is 0.00294. The Balaban J connectivity index is 1.30. The lowest BCUT2D eigenvalue weighted by molar-refractivity contribution is -0.384. The van der Waals surface area contributed by atoms with E-state index >= 15 is 0 Å². The van der Waals surface area contributed by atoms with Gasteiger partial charge in [0.2, 0.25) is 0 Å². The highest BCUT2D eigenvalue weighted by atomic mass is 16.6. The van der Waals surface area contributed by atoms with Gasteiger partial charge in [0, 0.05) is 36.5 Å². The number of ether oxygens (including phenoxy) is 2. The molecule has 164 valence electrons. The smallest absolute Gasteiger partial charge is 0.269 e. The highest BCUT2D eigenvalue weighted by Crippen LogP contribution is 2.20. The first-order valence-corrected chi connectivity index (χ1v) is 10.2. The zero-order valence-electron chi connectivity index (χ0n) is 17.3. The number of rotatable bonds is 8. The fraction of sp³-hybridized carbons (Fsp3) is 0.208. The molecule has 3 aromatic rings. The number of nitrogens with zero attached hydrogens (tertiary/aromatic N) is 2. The van der Waals surface area contributed by atoms with Crippen LogP contribution in [0.2, 0.25) is 0 Å². The second-order valence-corrected chi connectivity index (χ2v) is 7.19. The third-order valence-corrected chi connectivity index (χ3v) is 5.04. The molecule has 1 aliphatic rings. The van der Waals surface area contributed by atoms with Crippen molar-refractivity contribution < 1.29 is 23.6 Å². The number of hydrogen-bond acceptors (Lipinski definition) is 7. The Morgan fingerprint density at radius 1 is 1.03 bits per heavy atom. The number of hydrogen-bond donors (Lipinski definition) is 0. The fourth-order valence-corrected chi connectivity index (χ4v) is 3.29. The first-order chi connectivity index (χ1) is 15.6. The van der Waals surface area contributed by atoms with Gasteiger partial charge in [0.05, 0.1) is 18.1 Å². The summed E-state index contributed by atoms with van der Waals surface area (Å²) in [5.74, 6) is 1.49. The summed E-state index contributed by atoms with van der Waals surface area (Å²) in [7, 11) is 0. The Morgan fingerprint density at radius 2 is 1.75 bits per heavy atom. The number of allylic oxidation sites excluding steroid dienone is 1. The molecule has 2 heterocycles. The summed E-state index contributed by atoms with van der Waals surface area (Å²) in [4.78, 5) is 24.9. The van der Waals surface area contributed by atoms with Gasteiger partial charge >= 0.3 is 0 Å². The molecule has 1 saturated heterocycles. The van der Waals surface area contributed by atoms with Crippen LogP contribution in [0.1, 0.15) is 21.9 Å². The van der Waals surface area contributed by atoms with E-state index in [1.54, 1.807) is 18.2 Å². The highest BCUT2D eigenvalue weighted by Gasteiger charge is 2.12. The van der Waals surface area contributed by atoms with Gasteiger partial charge in [-0.3, -0.25) is 14.9 Å². The molecule has 0 spiro atoms. The van der Waals surface area contributed by atoms with Gasteiger partial charge in [-0.1, -0.05) is 0 Å². The molecule has 0 N–H and O–H groups in total. The summed E-state index contributed by atoms with van der Waals surface area (Å²) in [6, 6.07) is 16.9. The van der Waals surface area contributed by atoms with Crippen molar-refractivity contribution in [3.63, 3.8) is 0 Å². The lowest BCUT2D eigenvalue weighted by Gasteiger charge is -2.28. The van der Waals surface area contributed by atoms with Crippen LogP contribution in [0.15, 0.2) is 71.2 Å². The van der Waals surface area contributed by atoms with Crippen molar-refractivity contribution in [2.24, 2.45) is 0 Å². The van der Waals surface area contributed by atoms with Gasteiger partial charge < -0.3 is 18.8 Å². The number of non-ortho nitro benzene ring substituents is 1. The van der Waals surface area contributed by atoms with Crippen LogP contribution >= 0.6 is 0 Å². The van der Waals surface area contributed by atoms with Gasteiger partial charge in [0.15, 0.2) is 5.78 Å². The van der Waals surface area contributed by atoms with Crippen LogP contribution in [0.25, 0.3) is 6.08 Å². The van der Waals surface area contributed by atoms with Crippen LogP contribution < -0.4 is 9.64 Å². The van der Waals surface area contributed by atoms with E-state index in [1.807, 2.05) is 24.3 Å². The molecule has 8 heteroatoms. The highest BCUT2D eigenvalue weighted by molar-refractivity contribution is 6.06. The third kappa shape index (κ3) is 5.41. The van der Waals surface area contributed by atoms with Gasteiger partial charge in [-0.2, -0.15) is 0 Å². The number of nitro benzene ring substituents is 1. The number of carbonyl (C=O) groups excluding carboxylic acids is 1. The molecule has 0 atom stereocenters. The van der Waals surface area contributed by atoms with E-state index in [2.05, 4.69) is 4.90 Å². The van der Waals surface area contributed by atoms with E-state index in [4.69, 9.17) is 13.9 Å². The molecule has 4 rings (SSSR count). The zero-order valence-corrected chi connectivity index (χ0v) is 17.3. The third-order valence-electron chi connectivity index (χ3n) is 5.04. The molecule has 0 aliphatic carbocycles. The molecular weight excluding hydrogens is 412 g/mol. The van der Waals surface area contributed by atoms with Gasteiger partial charge in [0.25, 0.3) is 5.69 Å². The second-order valence-electron chi connectivity index (χ2n) is 7.19. The van der Waals surface area contributed by atoms with Gasteiger partial charge in [-0.05, 0) is 60.7 Å². The number of morpholine rings is 1. The first-order valence-electron chi connectivity index (χ1n) is 10.2. The molecule has 0 unspecified atom stereocenters. The van der Waals surface area contributed by atoms with Gasteiger partial charge in [-0.25, -0.2) is 0 Å². The topological polar surface area (TPSA) is 95.0 Å². The summed E-state index contributed by atoms with van der Waals surface area (Å²) in [5.41, 5.74) is 1.69. The lowest BCUT2D eigenvalue weighted by Crippen LogP contribution is -2.36. The van der Waals surface area contributed by atoms with Crippen LogP contribution in [0.5, 0.6) is 5.75 Å². The summed E-state index contributed by atoms with van der Waals surface area (Å²) in [5, 5.41) is 10.7. The Bertz CT molecular complexity index is 1100. The average molecular weight is 434 g/mol. The van der Waals surface area contributed by atoms with E-state index in [-0.39, 0.29) is 18.1 Å². The number of anilines is 1. The molecule has 2 aromatic carbocycles. The summed E-state index contributed by atoms with van der Waals surface area (Å²) < 4.78 is 16.6. The molecule has 0 radical (unpaired) electrons. The number of benzene rings is 2. The average Bonchev–Trinajstić information content (AvgIpc) is 3.30. The predicted molar refractivity (Wildman–Crippen MR) is 119 cm³/mol. The molecule has 1 aliphatic heterocycles. The fourth-order valence-electron chi connectivity index (χ4n) is 3.29. The van der Waals surface area contributed by atoms with Crippen LogP contribution in [0, 0.1) is 10.1 Å². The predicted octanol–water partition coefficient (Wildman–Crippen LogP) is 4.50. The van der Waals surface area contributed by atoms with E-state index in [0.29, 0.717) is 36.0 Å². The Kier molecular flexibility index (Phi) is 6.62. The Morgan fingerprint density at radius 3 is 2.44 bits per heavy atom. The normalized spacial score (nSPS) is 13.9. The number of ketones is 1. The SMILES string of the molecule is O=C(/C=C/c1ccc(COc2ccc([N+](=O)[O-])cc2)o1)c1ccc(N2CCOCC2)cc1. The van der Waals surface area contributed by atoms with Crippen molar-refractivity contribution in [1.82, 2.24) is 0 Å². The molecule has 1 fully saturated rings. The van der Waals surface area contributed by atoms with Crippen molar-refractivity contribution in [2.75, 3.05) is 31.2 Å². The lowest BCUT2D eigenvalue weighted by atomic mass is 10.1. The van der Waals surface area contributed by atoms with Crippen LogP contribution in [-0.4, -0.2) is 37.0 Å². The molecule has 0 amide bonds. The maximum absolute atomic E-state index is 12.5. The van der Waals surface area contributed by atoms with E-state index in [1.165, 1.54) is 30.3 Å². The molecule has 8 nitrogen and oxygen atoms in total. The van der Waals surface area contributed by atoms with Crippen molar-refractivity contribution in [2.45, 2.75) is 6.61 Å². The van der Waals surface area contributed by atoms with Gasteiger partial charge in [-0.15, -0.1) is 0 Å². The molecule has 0 bridgehead atoms. The molecule has 0 saturated carbocycles. The summed E-state index contributed by atoms with van der Waals surface area (Å²) >= 11 is 0. The van der Waals surface area contributed by atoms with Crippen molar-refractivity contribution in [3.8, 4) is 5.75 Å². The molecular formula is C24H22N2O6. The van der Waals surface area contributed by atoms with E-state index < -0.39 is 4.92 Å². The van der Waals surface area contributed by atoms with Crippen LogP contribution in [0.4, 0.5) is 11.4 Å². The summed E-state index contributed by atoms with van der Waals surface area (Å²) in [6.07, 6.45) is 3.09. The van der Waals surface area contributed by atoms with Crippen LogP contribution in [-0.2, 0) is 11.3 Å². The molecule has 32 heavy (non-hydrogen) atoms. The number of nitro groups is 1. The Labute approximate surface area is 184 Å². The number of furan rings is 1. The van der Waals surface area contributed by atoms with Crippen molar-refractivity contribution in [1.29, 1.82) is 0 Å². The first kappa shape index (κ1) is 21.3.